The molecule has 1 N–H and O–H groups in total. The second-order valence-electron chi connectivity index (χ2n) is 5.01. The second kappa shape index (κ2) is 6.18. The minimum Gasteiger partial charge on any atom is -0.459 e. The van der Waals surface area contributed by atoms with E-state index in [9.17, 15) is 0 Å². The first-order chi connectivity index (χ1) is 10.2. The van der Waals surface area contributed by atoms with Crippen molar-refractivity contribution in [1.82, 2.24) is 10.3 Å². The fourth-order valence-corrected chi connectivity index (χ4v) is 3.15. The quantitative estimate of drug-likeness (QED) is 0.723. The molecule has 110 valence electrons. The Balaban J connectivity index is 2.00. The predicted molar refractivity (Wildman–Crippen MR) is 88.2 cm³/mol. The number of thiazole rings is 1. The molecule has 0 bridgehead atoms. The third-order valence-corrected chi connectivity index (χ3v) is 4.34. The molecule has 1 atom stereocenters. The Morgan fingerprint density at radius 3 is 2.95 bits per heavy atom. The van der Waals surface area contributed by atoms with Crippen LogP contribution in [0.1, 0.15) is 35.8 Å². The number of halogens is 1. The Morgan fingerprint density at radius 1 is 1.38 bits per heavy atom. The Hall–Kier alpha value is -1.36. The van der Waals surface area contributed by atoms with Crippen LogP contribution in [0, 0.1) is 6.92 Å². The number of nitrogens with zero attached hydrogens (tertiary/aromatic N) is 1. The van der Waals surface area contributed by atoms with E-state index in [-0.39, 0.29) is 6.04 Å². The van der Waals surface area contributed by atoms with Crippen molar-refractivity contribution in [2.75, 3.05) is 6.54 Å². The first kappa shape index (κ1) is 14.6. The van der Waals surface area contributed by atoms with E-state index in [2.05, 4.69) is 22.6 Å². The van der Waals surface area contributed by atoms with Crippen molar-refractivity contribution in [3.8, 4) is 0 Å². The van der Waals surface area contributed by atoms with Gasteiger partial charge in [-0.2, -0.15) is 0 Å². The molecule has 1 unspecified atom stereocenters. The summed E-state index contributed by atoms with van der Waals surface area (Å²) < 4.78 is 5.99. The summed E-state index contributed by atoms with van der Waals surface area (Å²) in [6, 6.07) is 7.71. The van der Waals surface area contributed by atoms with Crippen LogP contribution < -0.4 is 5.32 Å². The normalized spacial score (nSPS) is 12.9. The van der Waals surface area contributed by atoms with Gasteiger partial charge in [-0.05, 0) is 44.2 Å². The number of benzene rings is 1. The van der Waals surface area contributed by atoms with Gasteiger partial charge in [-0.1, -0.05) is 18.5 Å². The highest BCUT2D eigenvalue weighted by molar-refractivity contribution is 7.09. The number of hydrogen-bond donors (Lipinski definition) is 1. The zero-order valence-electron chi connectivity index (χ0n) is 12.0. The lowest BCUT2D eigenvalue weighted by Crippen LogP contribution is -2.23. The lowest BCUT2D eigenvalue weighted by Gasteiger charge is -2.13. The summed E-state index contributed by atoms with van der Waals surface area (Å²) in [4.78, 5) is 4.60. The standard InChI is InChI=1S/C16H17ClN2OS/c1-3-6-18-16(13-9-21-10(2)19-13)15-8-11-7-12(17)4-5-14(11)20-15/h4-5,7-9,16,18H,3,6H2,1-2H3. The van der Waals surface area contributed by atoms with Crippen LogP contribution in [0.4, 0.5) is 0 Å². The van der Waals surface area contributed by atoms with Gasteiger partial charge in [0, 0.05) is 15.8 Å². The molecule has 0 amide bonds. The largest absolute Gasteiger partial charge is 0.459 e. The van der Waals surface area contributed by atoms with Crippen LogP contribution in [0.5, 0.6) is 0 Å². The summed E-state index contributed by atoms with van der Waals surface area (Å²) in [6.07, 6.45) is 1.06. The maximum absolute atomic E-state index is 6.04. The molecule has 3 nitrogen and oxygen atoms in total. The van der Waals surface area contributed by atoms with Gasteiger partial charge in [-0.3, -0.25) is 0 Å². The van der Waals surface area contributed by atoms with Gasteiger partial charge in [0.25, 0.3) is 0 Å². The summed E-state index contributed by atoms with van der Waals surface area (Å²) in [5.74, 6) is 0.881. The molecular weight excluding hydrogens is 304 g/mol. The minimum absolute atomic E-state index is 0.0129. The average molecular weight is 321 g/mol. The number of fused-ring (bicyclic) bond motifs is 1. The van der Waals surface area contributed by atoms with Gasteiger partial charge in [0.1, 0.15) is 17.4 Å². The zero-order chi connectivity index (χ0) is 14.8. The molecule has 0 saturated heterocycles. The molecule has 0 aliphatic carbocycles. The molecule has 0 spiro atoms. The Bertz CT molecular complexity index is 750. The minimum atomic E-state index is -0.0129. The molecular formula is C16H17ClN2OS. The van der Waals surface area contributed by atoms with Crippen molar-refractivity contribution >= 4 is 33.9 Å². The number of nitrogens with one attached hydrogen (secondary N) is 1. The van der Waals surface area contributed by atoms with Gasteiger partial charge in [0.2, 0.25) is 0 Å². The first-order valence-corrected chi connectivity index (χ1v) is 8.27. The monoisotopic (exact) mass is 320 g/mol. The van der Waals surface area contributed by atoms with E-state index in [0.717, 1.165) is 45.4 Å². The SMILES string of the molecule is CCCNC(c1csc(C)n1)c1cc2cc(Cl)ccc2o1. The van der Waals surface area contributed by atoms with Gasteiger partial charge in [0.15, 0.2) is 0 Å². The average Bonchev–Trinajstić information content (AvgIpc) is 3.05. The van der Waals surface area contributed by atoms with E-state index in [1.807, 2.05) is 31.2 Å². The van der Waals surface area contributed by atoms with E-state index in [1.165, 1.54) is 0 Å². The lowest BCUT2D eigenvalue weighted by molar-refractivity contribution is 0.464. The molecule has 5 heteroatoms. The topological polar surface area (TPSA) is 38.1 Å². The van der Waals surface area contributed by atoms with Crippen molar-refractivity contribution < 1.29 is 4.42 Å². The molecule has 21 heavy (non-hydrogen) atoms. The number of aryl methyl sites for hydroxylation is 1. The summed E-state index contributed by atoms with van der Waals surface area (Å²) in [7, 11) is 0. The molecule has 2 heterocycles. The highest BCUT2D eigenvalue weighted by Crippen LogP contribution is 2.30. The Morgan fingerprint density at radius 2 is 2.24 bits per heavy atom. The van der Waals surface area contributed by atoms with Crippen molar-refractivity contribution in [3.05, 3.63) is 51.1 Å². The highest BCUT2D eigenvalue weighted by atomic mass is 35.5. The van der Waals surface area contributed by atoms with Crippen molar-refractivity contribution in [2.45, 2.75) is 26.3 Å². The van der Waals surface area contributed by atoms with Crippen molar-refractivity contribution in [1.29, 1.82) is 0 Å². The van der Waals surface area contributed by atoms with Crippen molar-refractivity contribution in [2.24, 2.45) is 0 Å². The van der Waals surface area contributed by atoms with E-state index in [1.54, 1.807) is 11.3 Å². The number of furan rings is 1. The smallest absolute Gasteiger partial charge is 0.134 e. The third-order valence-electron chi connectivity index (χ3n) is 3.31. The van der Waals surface area contributed by atoms with Gasteiger partial charge in [-0.25, -0.2) is 4.98 Å². The number of rotatable bonds is 5. The van der Waals surface area contributed by atoms with E-state index >= 15 is 0 Å². The van der Waals surface area contributed by atoms with Crippen LogP contribution in [-0.4, -0.2) is 11.5 Å². The lowest BCUT2D eigenvalue weighted by atomic mass is 10.1. The first-order valence-electron chi connectivity index (χ1n) is 7.02. The molecule has 3 aromatic rings. The van der Waals surface area contributed by atoms with Crippen LogP contribution >= 0.6 is 22.9 Å². The van der Waals surface area contributed by atoms with E-state index < -0.39 is 0 Å². The van der Waals surface area contributed by atoms with Gasteiger partial charge >= 0.3 is 0 Å². The van der Waals surface area contributed by atoms with Gasteiger partial charge < -0.3 is 9.73 Å². The maximum atomic E-state index is 6.04. The Labute approximate surface area is 133 Å². The number of hydrogen-bond acceptors (Lipinski definition) is 4. The second-order valence-corrected chi connectivity index (χ2v) is 6.51. The zero-order valence-corrected chi connectivity index (χ0v) is 13.6. The Kier molecular flexibility index (Phi) is 4.29. The fraction of sp³-hybridized carbons (Fsp3) is 0.312. The summed E-state index contributed by atoms with van der Waals surface area (Å²) in [6.45, 7) is 5.08. The molecule has 0 aliphatic heterocycles. The van der Waals surface area contributed by atoms with E-state index in [0.29, 0.717) is 0 Å². The van der Waals surface area contributed by atoms with Crippen LogP contribution in [0.2, 0.25) is 5.02 Å². The molecule has 0 fully saturated rings. The summed E-state index contributed by atoms with van der Waals surface area (Å²) in [5, 5.41) is 8.40. The highest BCUT2D eigenvalue weighted by Gasteiger charge is 2.20. The maximum Gasteiger partial charge on any atom is 0.134 e. The van der Waals surface area contributed by atoms with Gasteiger partial charge in [0.05, 0.1) is 10.7 Å². The summed E-state index contributed by atoms with van der Waals surface area (Å²) in [5.41, 5.74) is 1.86. The van der Waals surface area contributed by atoms with Crippen LogP contribution in [0.3, 0.4) is 0 Å². The molecule has 0 saturated carbocycles. The van der Waals surface area contributed by atoms with Crippen molar-refractivity contribution in [3.63, 3.8) is 0 Å². The van der Waals surface area contributed by atoms with Crippen LogP contribution in [0.15, 0.2) is 34.1 Å². The number of aromatic nitrogens is 1. The molecule has 0 radical (unpaired) electrons. The molecule has 2 aromatic heterocycles. The molecule has 3 rings (SSSR count). The fourth-order valence-electron chi connectivity index (χ4n) is 2.33. The third kappa shape index (κ3) is 3.12. The molecule has 1 aromatic carbocycles. The molecule has 0 aliphatic rings. The van der Waals surface area contributed by atoms with E-state index in [4.69, 9.17) is 16.0 Å². The van der Waals surface area contributed by atoms with Crippen LogP contribution in [-0.2, 0) is 0 Å². The predicted octanol–water partition coefficient (Wildman–Crippen LogP) is 4.94. The summed E-state index contributed by atoms with van der Waals surface area (Å²) >= 11 is 7.70. The van der Waals surface area contributed by atoms with Gasteiger partial charge in [-0.15, -0.1) is 11.3 Å². The van der Waals surface area contributed by atoms with Crippen LogP contribution in [0.25, 0.3) is 11.0 Å².